The second kappa shape index (κ2) is 10.8. The Morgan fingerprint density at radius 3 is 1.94 bits per heavy atom. The normalized spacial score (nSPS) is 19.3. The highest BCUT2D eigenvalue weighted by atomic mass is 32.2. The molecule has 0 atom stereocenters. The van der Waals surface area contributed by atoms with Crippen molar-refractivity contribution >= 4 is 16.1 Å². The Labute approximate surface area is 205 Å². The van der Waals surface area contributed by atoms with Gasteiger partial charge in [-0.15, -0.1) is 0 Å². The van der Waals surface area contributed by atoms with Crippen molar-refractivity contribution in [2.45, 2.75) is 51.5 Å². The summed E-state index contributed by atoms with van der Waals surface area (Å²) in [6.45, 7) is 2.03. The number of carbonyl (C=O) groups is 1. The Bertz CT molecular complexity index is 1130. The molecule has 2 aromatic rings. The van der Waals surface area contributed by atoms with Gasteiger partial charge in [0.05, 0.1) is 11.1 Å². The Hall–Kier alpha value is -2.60. The van der Waals surface area contributed by atoms with Crippen LogP contribution in [0.15, 0.2) is 48.5 Å². The van der Waals surface area contributed by atoms with Crippen LogP contribution in [0.4, 0.5) is 26.3 Å². The van der Waals surface area contributed by atoms with E-state index in [2.05, 4.69) is 6.92 Å². The van der Waals surface area contributed by atoms with Gasteiger partial charge in [-0.05, 0) is 48.4 Å². The quantitative estimate of drug-likeness (QED) is 0.440. The summed E-state index contributed by atoms with van der Waals surface area (Å²) in [5, 5.41) is 0. The van der Waals surface area contributed by atoms with Crippen LogP contribution in [0.25, 0.3) is 0 Å². The molecule has 1 aliphatic carbocycles. The van der Waals surface area contributed by atoms with Gasteiger partial charge in [0.15, 0.2) is 0 Å². The predicted octanol–water partition coefficient (Wildman–Crippen LogP) is 6.03. The summed E-state index contributed by atoms with van der Waals surface area (Å²) in [5.74, 6) is -1.08. The van der Waals surface area contributed by atoms with Crippen molar-refractivity contribution in [1.82, 2.24) is 9.03 Å². The number of nitrogens with zero attached hydrogens (tertiary/aromatic N) is 1. The van der Waals surface area contributed by atoms with Gasteiger partial charge >= 0.3 is 22.6 Å². The molecular formula is C24H26F6N2O3S. The van der Waals surface area contributed by atoms with Crippen molar-refractivity contribution in [1.29, 1.82) is 0 Å². The summed E-state index contributed by atoms with van der Waals surface area (Å²) in [5.41, 5.74) is -3.88. The van der Waals surface area contributed by atoms with Gasteiger partial charge in [-0.3, -0.25) is 4.79 Å². The van der Waals surface area contributed by atoms with Crippen LogP contribution in [0.1, 0.15) is 59.7 Å². The van der Waals surface area contributed by atoms with E-state index in [1.165, 1.54) is 0 Å². The van der Waals surface area contributed by atoms with Crippen molar-refractivity contribution in [3.05, 3.63) is 70.8 Å². The van der Waals surface area contributed by atoms with Crippen LogP contribution in [0.2, 0.25) is 0 Å². The van der Waals surface area contributed by atoms with E-state index < -0.39 is 45.2 Å². The van der Waals surface area contributed by atoms with Crippen LogP contribution < -0.4 is 4.72 Å². The average molecular weight is 537 g/mol. The van der Waals surface area contributed by atoms with Crippen molar-refractivity contribution in [3.8, 4) is 0 Å². The lowest BCUT2D eigenvalue weighted by Gasteiger charge is -2.31. The monoisotopic (exact) mass is 536 g/mol. The highest BCUT2D eigenvalue weighted by molar-refractivity contribution is 7.87. The Morgan fingerprint density at radius 2 is 1.44 bits per heavy atom. The lowest BCUT2D eigenvalue weighted by atomic mass is 9.83. The molecule has 36 heavy (non-hydrogen) atoms. The van der Waals surface area contributed by atoms with E-state index in [0.29, 0.717) is 11.5 Å². The van der Waals surface area contributed by atoms with E-state index >= 15 is 0 Å². The van der Waals surface area contributed by atoms with Gasteiger partial charge in [-0.25, -0.2) is 4.72 Å². The molecule has 0 radical (unpaired) electrons. The van der Waals surface area contributed by atoms with Crippen molar-refractivity contribution < 1.29 is 39.6 Å². The molecule has 5 nitrogen and oxygen atoms in total. The fourth-order valence-electron chi connectivity index (χ4n) is 4.16. The predicted molar refractivity (Wildman–Crippen MR) is 121 cm³/mol. The molecule has 0 saturated heterocycles. The molecular weight excluding hydrogens is 510 g/mol. The zero-order valence-electron chi connectivity index (χ0n) is 19.4. The van der Waals surface area contributed by atoms with Crippen LogP contribution >= 0.6 is 0 Å². The maximum atomic E-state index is 13.2. The molecule has 1 fully saturated rings. The Balaban J connectivity index is 1.89. The highest BCUT2D eigenvalue weighted by Gasteiger charge is 2.38. The van der Waals surface area contributed by atoms with E-state index in [1.807, 2.05) is 0 Å². The first-order valence-electron chi connectivity index (χ1n) is 11.3. The number of benzene rings is 2. The van der Waals surface area contributed by atoms with E-state index in [4.69, 9.17) is 0 Å². The third-order valence-corrected chi connectivity index (χ3v) is 7.61. The third-order valence-electron chi connectivity index (χ3n) is 6.21. The third kappa shape index (κ3) is 7.45. The number of hydrogen-bond donors (Lipinski definition) is 1. The van der Waals surface area contributed by atoms with Gasteiger partial charge in [0, 0.05) is 18.7 Å². The van der Waals surface area contributed by atoms with Gasteiger partial charge in [-0.2, -0.15) is 39.1 Å². The van der Waals surface area contributed by atoms with Crippen molar-refractivity contribution in [2.24, 2.45) is 11.8 Å². The molecule has 12 heteroatoms. The minimum absolute atomic E-state index is 0.00183. The molecule has 198 valence electrons. The average Bonchev–Trinajstić information content (AvgIpc) is 2.79. The summed E-state index contributed by atoms with van der Waals surface area (Å²) in [7, 11) is -4.61. The van der Waals surface area contributed by atoms with Gasteiger partial charge < -0.3 is 0 Å². The number of hydrogen-bond acceptors (Lipinski definition) is 3. The smallest absolute Gasteiger partial charge is 0.268 e. The number of alkyl halides is 6. The van der Waals surface area contributed by atoms with Crippen LogP contribution in [0.3, 0.4) is 0 Å². The fraction of sp³-hybridized carbons (Fsp3) is 0.458. The maximum absolute atomic E-state index is 13.2. The lowest BCUT2D eigenvalue weighted by Crippen LogP contribution is -2.45. The number of carbonyl (C=O) groups excluding carboxylic acids is 1. The summed E-state index contributed by atoms with van der Waals surface area (Å²) in [4.78, 5) is 12.7. The highest BCUT2D eigenvalue weighted by Crippen LogP contribution is 2.36. The Kier molecular flexibility index (Phi) is 8.39. The molecule has 0 bridgehead atoms. The van der Waals surface area contributed by atoms with Crippen LogP contribution in [0.5, 0.6) is 0 Å². The topological polar surface area (TPSA) is 66.5 Å². The SMILES string of the molecule is CC1CCC(CN(Cc2ccccc2)S(=O)(=O)NC(=O)c2cc(C(F)(F)F)cc(C(F)(F)F)c2)CC1. The first kappa shape index (κ1) is 28.0. The van der Waals surface area contributed by atoms with Crippen LogP contribution in [-0.2, 0) is 29.1 Å². The van der Waals surface area contributed by atoms with E-state index in [9.17, 15) is 39.6 Å². The molecule has 1 N–H and O–H groups in total. The van der Waals surface area contributed by atoms with Crippen molar-refractivity contribution in [2.75, 3.05) is 6.54 Å². The van der Waals surface area contributed by atoms with E-state index in [-0.39, 0.29) is 37.2 Å². The zero-order chi connectivity index (χ0) is 26.7. The van der Waals surface area contributed by atoms with E-state index in [1.54, 1.807) is 35.1 Å². The molecule has 0 heterocycles. The largest absolute Gasteiger partial charge is 0.416 e. The zero-order valence-corrected chi connectivity index (χ0v) is 20.2. The van der Waals surface area contributed by atoms with Gasteiger partial charge in [0.25, 0.3) is 5.91 Å². The lowest BCUT2D eigenvalue weighted by molar-refractivity contribution is -0.143. The van der Waals surface area contributed by atoms with Gasteiger partial charge in [0.1, 0.15) is 0 Å². The Morgan fingerprint density at radius 1 is 0.917 bits per heavy atom. The molecule has 3 rings (SSSR count). The first-order valence-corrected chi connectivity index (χ1v) is 12.7. The summed E-state index contributed by atoms with van der Waals surface area (Å²) in [6, 6.07) is 8.75. The van der Waals surface area contributed by atoms with Gasteiger partial charge in [-0.1, -0.05) is 50.1 Å². The molecule has 1 aliphatic rings. The summed E-state index contributed by atoms with van der Waals surface area (Å²) >= 11 is 0. The molecule has 2 aromatic carbocycles. The summed E-state index contributed by atoms with van der Waals surface area (Å²) in [6.07, 6.45) is -7.02. The van der Waals surface area contributed by atoms with Crippen molar-refractivity contribution in [3.63, 3.8) is 0 Å². The molecule has 0 unspecified atom stereocenters. The summed E-state index contributed by atoms with van der Waals surface area (Å²) < 4.78 is 108. The fourth-order valence-corrected chi connectivity index (χ4v) is 5.37. The van der Waals surface area contributed by atoms with Crippen LogP contribution in [0, 0.1) is 11.8 Å². The molecule has 0 aliphatic heterocycles. The molecule has 1 saturated carbocycles. The molecule has 0 spiro atoms. The second-order valence-electron chi connectivity index (χ2n) is 9.13. The maximum Gasteiger partial charge on any atom is 0.416 e. The number of rotatable bonds is 7. The van der Waals surface area contributed by atoms with Gasteiger partial charge in [0.2, 0.25) is 0 Å². The molecule has 0 aromatic heterocycles. The number of halogens is 6. The first-order chi connectivity index (χ1) is 16.6. The minimum atomic E-state index is -5.17. The number of amides is 1. The standard InChI is InChI=1S/C24H26F6N2O3S/c1-16-7-9-18(10-8-16)15-32(14-17-5-3-2-4-6-17)36(34,35)31-22(33)19-11-20(23(25,26)27)13-21(12-19)24(28,29)30/h2-6,11-13,16,18H,7-10,14-15H2,1H3,(H,31,33). The minimum Gasteiger partial charge on any atom is -0.268 e. The molecule has 1 amide bonds. The number of nitrogens with one attached hydrogen (secondary N) is 1. The van der Waals surface area contributed by atoms with Crippen LogP contribution in [-0.4, -0.2) is 25.2 Å². The second-order valence-corrected chi connectivity index (χ2v) is 10.8. The van der Waals surface area contributed by atoms with E-state index in [0.717, 1.165) is 30.0 Å².